The van der Waals surface area contributed by atoms with Crippen LogP contribution in [0.5, 0.6) is 5.75 Å². The highest BCUT2D eigenvalue weighted by molar-refractivity contribution is 5.35. The lowest BCUT2D eigenvalue weighted by Crippen LogP contribution is -2.09. The summed E-state index contributed by atoms with van der Waals surface area (Å²) in [7, 11) is 0. The third-order valence-electron chi connectivity index (χ3n) is 2.81. The van der Waals surface area contributed by atoms with Crippen LogP contribution in [0.25, 0.3) is 0 Å². The Kier molecular flexibility index (Phi) is 4.31. The van der Waals surface area contributed by atoms with Crippen molar-refractivity contribution in [3.63, 3.8) is 0 Å². The molecule has 1 aromatic carbocycles. The number of hydrogen-bond acceptors (Lipinski definition) is 3. The molecule has 0 aliphatic rings. The summed E-state index contributed by atoms with van der Waals surface area (Å²) in [4.78, 5) is 3.99. The number of nitrogens with zero attached hydrogens (tertiary/aromatic N) is 1. The Morgan fingerprint density at radius 1 is 1.17 bits per heavy atom. The Bertz CT molecular complexity index is 483. The van der Waals surface area contributed by atoms with Gasteiger partial charge in [-0.05, 0) is 30.7 Å². The molecule has 0 aliphatic heterocycles. The Morgan fingerprint density at radius 3 is 2.61 bits per heavy atom. The van der Waals surface area contributed by atoms with Gasteiger partial charge < -0.3 is 10.5 Å². The number of aromatic nitrogens is 1. The van der Waals surface area contributed by atoms with Gasteiger partial charge in [-0.15, -0.1) is 0 Å². The Labute approximate surface area is 108 Å². The number of hydrogen-bond donors (Lipinski definition) is 1. The second-order valence-electron chi connectivity index (χ2n) is 4.28. The smallest absolute Gasteiger partial charge is 0.124 e. The highest BCUT2D eigenvalue weighted by Gasteiger charge is 2.06. The fourth-order valence-electron chi connectivity index (χ4n) is 1.82. The molecule has 0 saturated heterocycles. The van der Waals surface area contributed by atoms with Gasteiger partial charge in [0, 0.05) is 30.4 Å². The van der Waals surface area contributed by atoms with Crippen LogP contribution in [-0.2, 0) is 6.42 Å². The maximum atomic E-state index is 5.91. The highest BCUT2D eigenvalue weighted by Crippen LogP contribution is 2.23. The quantitative estimate of drug-likeness (QED) is 0.877. The summed E-state index contributed by atoms with van der Waals surface area (Å²) in [6.45, 7) is 2.61. The summed E-state index contributed by atoms with van der Waals surface area (Å²) in [5.41, 5.74) is 8.18. The standard InChI is InChI=1S/C15H18N2O/c1-12(16)14-4-2-3-5-15(14)18-11-8-13-6-9-17-10-7-13/h2-7,9-10,12H,8,11,16H2,1H3. The first-order chi connectivity index (χ1) is 8.77. The van der Waals surface area contributed by atoms with E-state index in [1.165, 1.54) is 5.56 Å². The number of para-hydroxylation sites is 1. The molecule has 0 saturated carbocycles. The maximum Gasteiger partial charge on any atom is 0.124 e. The van der Waals surface area contributed by atoms with E-state index in [0.29, 0.717) is 6.61 Å². The topological polar surface area (TPSA) is 48.1 Å². The van der Waals surface area contributed by atoms with Crippen molar-refractivity contribution in [2.75, 3.05) is 6.61 Å². The molecule has 1 heterocycles. The van der Waals surface area contributed by atoms with Crippen molar-refractivity contribution in [2.24, 2.45) is 5.73 Å². The number of pyridine rings is 1. The van der Waals surface area contributed by atoms with Crippen molar-refractivity contribution in [1.82, 2.24) is 4.98 Å². The summed E-state index contributed by atoms with van der Waals surface area (Å²) in [5, 5.41) is 0. The van der Waals surface area contributed by atoms with Gasteiger partial charge in [-0.1, -0.05) is 18.2 Å². The fourth-order valence-corrected chi connectivity index (χ4v) is 1.82. The first kappa shape index (κ1) is 12.6. The minimum atomic E-state index is -0.0119. The van der Waals surface area contributed by atoms with Crippen LogP contribution < -0.4 is 10.5 Å². The van der Waals surface area contributed by atoms with Crippen LogP contribution in [0.15, 0.2) is 48.8 Å². The number of nitrogens with two attached hydrogens (primary N) is 1. The number of benzene rings is 1. The Hall–Kier alpha value is -1.87. The van der Waals surface area contributed by atoms with Crippen LogP contribution in [0.2, 0.25) is 0 Å². The largest absolute Gasteiger partial charge is 0.493 e. The van der Waals surface area contributed by atoms with Gasteiger partial charge in [-0.3, -0.25) is 4.98 Å². The van der Waals surface area contributed by atoms with Gasteiger partial charge in [-0.25, -0.2) is 0 Å². The van der Waals surface area contributed by atoms with Crippen molar-refractivity contribution < 1.29 is 4.74 Å². The van der Waals surface area contributed by atoms with Gasteiger partial charge in [0.15, 0.2) is 0 Å². The van der Waals surface area contributed by atoms with Crippen LogP contribution in [-0.4, -0.2) is 11.6 Å². The average molecular weight is 242 g/mol. The third kappa shape index (κ3) is 3.31. The van der Waals surface area contributed by atoms with E-state index >= 15 is 0 Å². The summed E-state index contributed by atoms with van der Waals surface area (Å²) < 4.78 is 5.80. The summed E-state index contributed by atoms with van der Waals surface area (Å²) in [6.07, 6.45) is 4.46. The molecule has 0 aliphatic carbocycles. The van der Waals surface area contributed by atoms with Crippen LogP contribution in [0, 0.1) is 0 Å². The van der Waals surface area contributed by atoms with Crippen molar-refractivity contribution in [3.05, 3.63) is 59.9 Å². The molecule has 2 aromatic rings. The molecule has 0 bridgehead atoms. The van der Waals surface area contributed by atoms with E-state index in [1.807, 2.05) is 43.3 Å². The van der Waals surface area contributed by atoms with E-state index in [0.717, 1.165) is 17.7 Å². The predicted molar refractivity (Wildman–Crippen MR) is 72.5 cm³/mol. The van der Waals surface area contributed by atoms with Gasteiger partial charge >= 0.3 is 0 Å². The Morgan fingerprint density at radius 2 is 1.89 bits per heavy atom. The highest BCUT2D eigenvalue weighted by atomic mass is 16.5. The van der Waals surface area contributed by atoms with Gasteiger partial charge in [0.05, 0.1) is 6.61 Å². The lowest BCUT2D eigenvalue weighted by atomic mass is 10.1. The number of rotatable bonds is 5. The molecule has 3 nitrogen and oxygen atoms in total. The third-order valence-corrected chi connectivity index (χ3v) is 2.81. The molecule has 94 valence electrons. The summed E-state index contributed by atoms with van der Waals surface area (Å²) >= 11 is 0. The molecule has 0 radical (unpaired) electrons. The molecule has 0 amide bonds. The molecule has 18 heavy (non-hydrogen) atoms. The molecular weight excluding hydrogens is 224 g/mol. The second kappa shape index (κ2) is 6.17. The lowest BCUT2D eigenvalue weighted by Gasteiger charge is -2.13. The minimum Gasteiger partial charge on any atom is -0.493 e. The van der Waals surface area contributed by atoms with E-state index in [1.54, 1.807) is 12.4 Å². The van der Waals surface area contributed by atoms with Crippen molar-refractivity contribution in [3.8, 4) is 5.75 Å². The minimum absolute atomic E-state index is 0.0119. The van der Waals surface area contributed by atoms with Gasteiger partial charge in [0.25, 0.3) is 0 Å². The zero-order chi connectivity index (χ0) is 12.8. The maximum absolute atomic E-state index is 5.91. The predicted octanol–water partition coefficient (Wildman–Crippen LogP) is 2.72. The molecular formula is C15H18N2O. The average Bonchev–Trinajstić information content (AvgIpc) is 2.40. The Balaban J connectivity index is 1.94. The molecule has 2 N–H and O–H groups in total. The van der Waals surface area contributed by atoms with Gasteiger partial charge in [-0.2, -0.15) is 0 Å². The monoisotopic (exact) mass is 242 g/mol. The summed E-state index contributed by atoms with van der Waals surface area (Å²) in [5.74, 6) is 0.876. The fraction of sp³-hybridized carbons (Fsp3) is 0.267. The first-order valence-electron chi connectivity index (χ1n) is 6.13. The molecule has 2 rings (SSSR count). The molecule has 1 atom stereocenters. The molecule has 3 heteroatoms. The first-order valence-corrected chi connectivity index (χ1v) is 6.13. The number of ether oxygens (including phenoxy) is 1. The molecule has 1 aromatic heterocycles. The van der Waals surface area contributed by atoms with E-state index in [4.69, 9.17) is 10.5 Å². The van der Waals surface area contributed by atoms with Crippen LogP contribution >= 0.6 is 0 Å². The van der Waals surface area contributed by atoms with Crippen molar-refractivity contribution in [1.29, 1.82) is 0 Å². The lowest BCUT2D eigenvalue weighted by molar-refractivity contribution is 0.317. The van der Waals surface area contributed by atoms with E-state index < -0.39 is 0 Å². The van der Waals surface area contributed by atoms with Crippen LogP contribution in [0.4, 0.5) is 0 Å². The normalized spacial score (nSPS) is 12.1. The van der Waals surface area contributed by atoms with E-state index in [2.05, 4.69) is 4.98 Å². The van der Waals surface area contributed by atoms with Crippen molar-refractivity contribution in [2.45, 2.75) is 19.4 Å². The summed E-state index contributed by atoms with van der Waals surface area (Å²) in [6, 6.07) is 11.9. The molecule has 0 fully saturated rings. The van der Waals surface area contributed by atoms with Crippen LogP contribution in [0.1, 0.15) is 24.1 Å². The van der Waals surface area contributed by atoms with Gasteiger partial charge in [0.1, 0.15) is 5.75 Å². The molecule has 1 unspecified atom stereocenters. The SMILES string of the molecule is CC(N)c1ccccc1OCCc1ccncc1. The van der Waals surface area contributed by atoms with E-state index in [-0.39, 0.29) is 6.04 Å². The zero-order valence-corrected chi connectivity index (χ0v) is 10.5. The van der Waals surface area contributed by atoms with Crippen molar-refractivity contribution >= 4 is 0 Å². The molecule has 0 spiro atoms. The van der Waals surface area contributed by atoms with E-state index in [9.17, 15) is 0 Å². The van der Waals surface area contributed by atoms with Gasteiger partial charge in [0.2, 0.25) is 0 Å². The van der Waals surface area contributed by atoms with Crippen LogP contribution in [0.3, 0.4) is 0 Å². The second-order valence-corrected chi connectivity index (χ2v) is 4.28. The zero-order valence-electron chi connectivity index (χ0n) is 10.5.